The molecule has 0 aliphatic carbocycles. The summed E-state index contributed by atoms with van der Waals surface area (Å²) < 4.78 is 1.14. The molecule has 0 bridgehead atoms. The number of hydrogen-bond acceptors (Lipinski definition) is 4. The van der Waals surface area contributed by atoms with E-state index in [9.17, 15) is 0 Å². The Balaban J connectivity index is 1.84. The maximum absolute atomic E-state index is 5.56. The minimum absolute atomic E-state index is 0.402. The highest BCUT2D eigenvalue weighted by molar-refractivity contribution is 7.80. The molecule has 3 nitrogen and oxygen atoms in total. The SMILES string of the molecule is NC(=S)c1ccc(/C=N/c2nc3ccccc3s2)cc1. The maximum atomic E-state index is 5.56. The largest absolute Gasteiger partial charge is 0.389 e. The Bertz CT molecular complexity index is 755. The average molecular weight is 297 g/mol. The first kappa shape index (κ1) is 12.9. The van der Waals surface area contributed by atoms with Gasteiger partial charge in [0.05, 0.1) is 10.2 Å². The first-order valence-corrected chi connectivity index (χ1v) is 7.24. The number of thiazole rings is 1. The standard InChI is InChI=1S/C15H11N3S2/c16-14(19)11-7-5-10(6-8-11)9-17-15-18-12-3-1-2-4-13(12)20-15/h1-9H,(H2,16,19)/b17-9+. The van der Waals surface area contributed by atoms with Gasteiger partial charge < -0.3 is 5.73 Å². The third-order valence-electron chi connectivity index (χ3n) is 2.80. The summed E-state index contributed by atoms with van der Waals surface area (Å²) >= 11 is 6.49. The van der Waals surface area contributed by atoms with Crippen molar-refractivity contribution in [2.24, 2.45) is 10.7 Å². The summed E-state index contributed by atoms with van der Waals surface area (Å²) in [5.41, 5.74) is 8.39. The fourth-order valence-corrected chi connectivity index (χ4v) is 2.73. The van der Waals surface area contributed by atoms with Crippen LogP contribution in [0.25, 0.3) is 10.2 Å². The molecule has 5 heteroatoms. The second-order valence-electron chi connectivity index (χ2n) is 4.21. The molecule has 2 N–H and O–H groups in total. The summed E-state index contributed by atoms with van der Waals surface area (Å²) in [6.07, 6.45) is 1.79. The Hall–Kier alpha value is -2.11. The third-order valence-corrected chi connectivity index (χ3v) is 3.98. The van der Waals surface area contributed by atoms with Gasteiger partial charge in [-0.3, -0.25) is 0 Å². The van der Waals surface area contributed by atoms with Crippen LogP contribution in [-0.2, 0) is 0 Å². The molecule has 0 atom stereocenters. The number of fused-ring (bicyclic) bond motifs is 1. The number of para-hydroxylation sites is 1. The average Bonchev–Trinajstić information content (AvgIpc) is 2.88. The summed E-state index contributed by atoms with van der Waals surface area (Å²) in [4.78, 5) is 9.26. The fraction of sp³-hybridized carbons (Fsp3) is 0. The van der Waals surface area contributed by atoms with Gasteiger partial charge in [0, 0.05) is 11.8 Å². The lowest BCUT2D eigenvalue weighted by Crippen LogP contribution is -2.08. The normalized spacial score (nSPS) is 11.2. The number of benzene rings is 2. The van der Waals surface area contributed by atoms with Crippen molar-refractivity contribution in [1.82, 2.24) is 4.98 Å². The van der Waals surface area contributed by atoms with Gasteiger partial charge in [-0.15, -0.1) is 0 Å². The molecule has 0 unspecified atom stereocenters. The van der Waals surface area contributed by atoms with Crippen LogP contribution in [0, 0.1) is 0 Å². The number of nitrogens with two attached hydrogens (primary N) is 1. The van der Waals surface area contributed by atoms with Crippen molar-refractivity contribution < 1.29 is 0 Å². The van der Waals surface area contributed by atoms with E-state index in [0.29, 0.717) is 4.99 Å². The van der Waals surface area contributed by atoms with Gasteiger partial charge in [0.1, 0.15) is 4.99 Å². The van der Waals surface area contributed by atoms with E-state index < -0.39 is 0 Å². The van der Waals surface area contributed by atoms with Gasteiger partial charge in [-0.1, -0.05) is 60.0 Å². The molecule has 2 aromatic carbocycles. The maximum Gasteiger partial charge on any atom is 0.210 e. The van der Waals surface area contributed by atoms with Crippen LogP contribution in [0.5, 0.6) is 0 Å². The molecule has 1 heterocycles. The summed E-state index contributed by atoms with van der Waals surface area (Å²) in [6.45, 7) is 0. The van der Waals surface area contributed by atoms with Crippen LogP contribution < -0.4 is 5.73 Å². The highest BCUT2D eigenvalue weighted by Crippen LogP contribution is 2.27. The van der Waals surface area contributed by atoms with Crippen molar-refractivity contribution in [2.45, 2.75) is 0 Å². The second-order valence-corrected chi connectivity index (χ2v) is 5.66. The van der Waals surface area contributed by atoms with Crippen LogP contribution in [-0.4, -0.2) is 16.2 Å². The molecule has 0 amide bonds. The van der Waals surface area contributed by atoms with Crippen molar-refractivity contribution >= 4 is 50.1 Å². The van der Waals surface area contributed by atoms with Crippen LogP contribution in [0.1, 0.15) is 11.1 Å². The number of thiocarbonyl (C=S) groups is 1. The lowest BCUT2D eigenvalue weighted by atomic mass is 10.1. The number of aliphatic imine (C=N–C) groups is 1. The highest BCUT2D eigenvalue weighted by Gasteiger charge is 2.00. The molecule has 0 saturated heterocycles. The first-order chi connectivity index (χ1) is 9.72. The summed E-state index contributed by atoms with van der Waals surface area (Å²) in [6, 6.07) is 15.7. The third kappa shape index (κ3) is 2.74. The molecular weight excluding hydrogens is 286 g/mol. The zero-order valence-corrected chi connectivity index (χ0v) is 12.1. The Morgan fingerprint density at radius 1 is 1.15 bits per heavy atom. The van der Waals surface area contributed by atoms with Crippen LogP contribution in [0.15, 0.2) is 53.5 Å². The molecular formula is C15H11N3S2. The molecule has 0 aliphatic heterocycles. The van der Waals surface area contributed by atoms with E-state index >= 15 is 0 Å². The zero-order valence-electron chi connectivity index (χ0n) is 10.5. The van der Waals surface area contributed by atoms with E-state index in [1.54, 1.807) is 17.6 Å². The van der Waals surface area contributed by atoms with Crippen molar-refractivity contribution in [2.75, 3.05) is 0 Å². The molecule has 0 saturated carbocycles. The van der Waals surface area contributed by atoms with Crippen LogP contribution in [0.3, 0.4) is 0 Å². The molecule has 3 aromatic rings. The second kappa shape index (κ2) is 5.48. The molecule has 0 spiro atoms. The molecule has 0 radical (unpaired) electrons. The van der Waals surface area contributed by atoms with Gasteiger partial charge in [-0.05, 0) is 17.7 Å². The Morgan fingerprint density at radius 2 is 1.90 bits per heavy atom. The first-order valence-electron chi connectivity index (χ1n) is 6.02. The molecule has 98 valence electrons. The van der Waals surface area contributed by atoms with Crippen molar-refractivity contribution in [3.8, 4) is 0 Å². The molecule has 3 rings (SSSR count). The van der Waals surface area contributed by atoms with Gasteiger partial charge >= 0.3 is 0 Å². The number of rotatable bonds is 3. The minimum Gasteiger partial charge on any atom is -0.389 e. The molecule has 20 heavy (non-hydrogen) atoms. The van der Waals surface area contributed by atoms with Gasteiger partial charge in [0.15, 0.2) is 0 Å². The van der Waals surface area contributed by atoms with E-state index in [1.165, 1.54) is 0 Å². The lowest BCUT2D eigenvalue weighted by Gasteiger charge is -1.97. The predicted molar refractivity (Wildman–Crippen MR) is 89.2 cm³/mol. The van der Waals surface area contributed by atoms with Crippen LogP contribution in [0.2, 0.25) is 0 Å². The van der Waals surface area contributed by atoms with Crippen molar-refractivity contribution in [3.05, 3.63) is 59.7 Å². The van der Waals surface area contributed by atoms with E-state index in [0.717, 1.165) is 26.5 Å². The number of aromatic nitrogens is 1. The van der Waals surface area contributed by atoms with Gasteiger partial charge in [-0.25, -0.2) is 9.98 Å². The van der Waals surface area contributed by atoms with E-state index in [4.69, 9.17) is 18.0 Å². The topological polar surface area (TPSA) is 51.3 Å². The number of nitrogens with zero attached hydrogens (tertiary/aromatic N) is 2. The van der Waals surface area contributed by atoms with Gasteiger partial charge in [-0.2, -0.15) is 0 Å². The predicted octanol–water partition coefficient (Wildman–Crippen LogP) is 3.68. The van der Waals surface area contributed by atoms with E-state index in [2.05, 4.69) is 9.98 Å². The Kier molecular flexibility index (Phi) is 3.54. The van der Waals surface area contributed by atoms with Gasteiger partial charge in [0.2, 0.25) is 5.13 Å². The monoisotopic (exact) mass is 297 g/mol. The number of hydrogen-bond donors (Lipinski definition) is 1. The smallest absolute Gasteiger partial charge is 0.210 e. The molecule has 0 fully saturated rings. The van der Waals surface area contributed by atoms with Crippen molar-refractivity contribution in [3.63, 3.8) is 0 Å². The van der Waals surface area contributed by atoms with Crippen molar-refractivity contribution in [1.29, 1.82) is 0 Å². The summed E-state index contributed by atoms with van der Waals surface area (Å²) in [7, 11) is 0. The highest BCUT2D eigenvalue weighted by atomic mass is 32.1. The van der Waals surface area contributed by atoms with Crippen LogP contribution in [0.4, 0.5) is 5.13 Å². The van der Waals surface area contributed by atoms with E-state index in [-0.39, 0.29) is 0 Å². The Morgan fingerprint density at radius 3 is 2.60 bits per heavy atom. The zero-order chi connectivity index (χ0) is 13.9. The molecule has 1 aromatic heterocycles. The summed E-state index contributed by atoms with van der Waals surface area (Å²) in [5.74, 6) is 0. The minimum atomic E-state index is 0.402. The quantitative estimate of drug-likeness (QED) is 0.592. The Labute approximate surface area is 125 Å². The fourth-order valence-electron chi connectivity index (χ4n) is 1.78. The summed E-state index contributed by atoms with van der Waals surface area (Å²) in [5, 5.41) is 0.754. The van der Waals surface area contributed by atoms with E-state index in [1.807, 2.05) is 48.5 Å². The van der Waals surface area contributed by atoms with Gasteiger partial charge in [0.25, 0.3) is 0 Å². The molecule has 0 aliphatic rings. The van der Waals surface area contributed by atoms with Crippen LogP contribution >= 0.6 is 23.6 Å². The lowest BCUT2D eigenvalue weighted by molar-refractivity contribution is 1.41.